The number of likely N-dealkylation sites (N-methyl/N-ethyl adjacent to an activating group) is 1. The van der Waals surface area contributed by atoms with Crippen molar-refractivity contribution in [2.24, 2.45) is 5.92 Å². The zero-order valence-electron chi connectivity index (χ0n) is 16.6. The lowest BCUT2D eigenvalue weighted by Gasteiger charge is -2.42. The number of nitrogens with zero attached hydrogens (tertiary/aromatic N) is 1. The molecule has 1 unspecified atom stereocenters. The molecule has 2 aliphatic rings. The van der Waals surface area contributed by atoms with Gasteiger partial charge >= 0.3 is 5.97 Å². The van der Waals surface area contributed by atoms with Gasteiger partial charge in [0.05, 0.1) is 11.5 Å². The molecule has 0 radical (unpaired) electrons. The highest BCUT2D eigenvalue weighted by atomic mass is 19.1. The molecule has 1 atom stereocenters. The van der Waals surface area contributed by atoms with Crippen LogP contribution in [-0.4, -0.2) is 47.3 Å². The summed E-state index contributed by atoms with van der Waals surface area (Å²) >= 11 is 0. The number of rotatable bonds is 6. The van der Waals surface area contributed by atoms with E-state index in [4.69, 9.17) is 5.11 Å². The van der Waals surface area contributed by atoms with Gasteiger partial charge in [-0.15, -0.1) is 0 Å². The average molecular weight is 387 g/mol. The smallest absolute Gasteiger partial charge is 0.314 e. The Balaban J connectivity index is 2.03. The summed E-state index contributed by atoms with van der Waals surface area (Å²) in [5, 5.41) is 20.7. The van der Waals surface area contributed by atoms with E-state index in [2.05, 4.69) is 0 Å². The van der Waals surface area contributed by atoms with Crippen LogP contribution in [0.25, 0.3) is 0 Å². The maximum atomic E-state index is 15.9. The van der Waals surface area contributed by atoms with E-state index < -0.39 is 23.2 Å². The van der Waals surface area contributed by atoms with Crippen LogP contribution >= 0.6 is 0 Å². The van der Waals surface area contributed by atoms with Gasteiger partial charge in [-0.3, -0.25) is 4.79 Å². The molecule has 2 N–H and O–H groups in total. The van der Waals surface area contributed by atoms with Crippen LogP contribution in [0.1, 0.15) is 49.1 Å². The number of halogens is 1. The molecule has 1 aromatic rings. The molecule has 1 saturated carbocycles. The van der Waals surface area contributed by atoms with Crippen molar-refractivity contribution in [1.82, 2.24) is 4.90 Å². The Morgan fingerprint density at radius 3 is 2.36 bits per heavy atom. The SMILES string of the molecule is CN(C)CC(c1ccccc1C1(F)C=CC(C(=O)O)C=C1)C1(O)CCCCC1. The summed E-state index contributed by atoms with van der Waals surface area (Å²) in [6.07, 6.45) is 9.97. The lowest BCUT2D eigenvalue weighted by Crippen LogP contribution is -2.43. The quantitative estimate of drug-likeness (QED) is 0.724. The van der Waals surface area contributed by atoms with Crippen LogP contribution in [0.2, 0.25) is 0 Å². The van der Waals surface area contributed by atoms with E-state index in [1.165, 1.54) is 24.3 Å². The lowest BCUT2D eigenvalue weighted by atomic mass is 9.70. The third-order valence-corrected chi connectivity index (χ3v) is 6.04. The minimum atomic E-state index is -1.88. The maximum Gasteiger partial charge on any atom is 0.314 e. The first-order valence-electron chi connectivity index (χ1n) is 10.0. The fourth-order valence-electron chi connectivity index (χ4n) is 4.54. The van der Waals surface area contributed by atoms with Gasteiger partial charge in [0, 0.05) is 18.0 Å². The van der Waals surface area contributed by atoms with Crippen LogP contribution in [0.3, 0.4) is 0 Å². The maximum absolute atomic E-state index is 15.9. The largest absolute Gasteiger partial charge is 0.481 e. The van der Waals surface area contributed by atoms with Crippen LogP contribution in [0.15, 0.2) is 48.6 Å². The second kappa shape index (κ2) is 8.18. The third-order valence-electron chi connectivity index (χ3n) is 6.04. The van der Waals surface area contributed by atoms with Crippen LogP contribution in [-0.2, 0) is 10.5 Å². The monoisotopic (exact) mass is 387 g/mol. The molecule has 0 saturated heterocycles. The second-order valence-electron chi connectivity index (χ2n) is 8.42. The van der Waals surface area contributed by atoms with Crippen molar-refractivity contribution < 1.29 is 19.4 Å². The highest BCUT2D eigenvalue weighted by Crippen LogP contribution is 2.45. The van der Waals surface area contributed by atoms with E-state index in [0.29, 0.717) is 24.9 Å². The van der Waals surface area contributed by atoms with Crippen molar-refractivity contribution in [3.05, 3.63) is 59.7 Å². The summed E-state index contributed by atoms with van der Waals surface area (Å²) in [5.41, 5.74) is -1.46. The highest BCUT2D eigenvalue weighted by Gasteiger charge is 2.42. The van der Waals surface area contributed by atoms with Crippen molar-refractivity contribution in [2.45, 2.75) is 49.3 Å². The Bertz CT molecular complexity index is 751. The third kappa shape index (κ3) is 4.20. The lowest BCUT2D eigenvalue weighted by molar-refractivity contribution is -0.138. The molecule has 0 amide bonds. The average Bonchev–Trinajstić information content (AvgIpc) is 2.67. The van der Waals surface area contributed by atoms with E-state index in [1.807, 2.05) is 31.1 Å². The van der Waals surface area contributed by atoms with Gasteiger partial charge in [0.2, 0.25) is 0 Å². The molecule has 1 aromatic carbocycles. The standard InChI is InChI=1S/C23H30FNO3/c1-25(2)16-20(23(28)12-6-3-7-13-23)18-8-4-5-9-19(18)22(24)14-10-17(11-15-22)21(26)27/h4-5,8-11,14-15,17,20,28H,3,6-7,12-13,16H2,1-2H3,(H,26,27). The van der Waals surface area contributed by atoms with Crippen molar-refractivity contribution in [3.8, 4) is 0 Å². The van der Waals surface area contributed by atoms with Gasteiger partial charge in [0.25, 0.3) is 0 Å². The number of hydrogen-bond donors (Lipinski definition) is 2. The Labute approximate surface area is 166 Å². The molecule has 0 aliphatic heterocycles. The number of carbonyl (C=O) groups is 1. The first-order valence-corrected chi connectivity index (χ1v) is 10.0. The van der Waals surface area contributed by atoms with Gasteiger partial charge in [-0.1, -0.05) is 55.7 Å². The molecular weight excluding hydrogens is 357 g/mol. The van der Waals surface area contributed by atoms with E-state index >= 15 is 4.39 Å². The Morgan fingerprint density at radius 1 is 1.18 bits per heavy atom. The topological polar surface area (TPSA) is 60.8 Å². The van der Waals surface area contributed by atoms with Crippen molar-refractivity contribution in [2.75, 3.05) is 20.6 Å². The van der Waals surface area contributed by atoms with Crippen LogP contribution in [0, 0.1) is 5.92 Å². The molecule has 5 heteroatoms. The van der Waals surface area contributed by atoms with Crippen molar-refractivity contribution in [1.29, 1.82) is 0 Å². The van der Waals surface area contributed by atoms with Gasteiger partial charge in [-0.05, 0) is 44.7 Å². The second-order valence-corrected chi connectivity index (χ2v) is 8.42. The molecule has 0 bridgehead atoms. The number of allylic oxidation sites excluding steroid dienone is 2. The van der Waals surface area contributed by atoms with E-state index in [0.717, 1.165) is 24.8 Å². The van der Waals surface area contributed by atoms with Crippen LogP contribution in [0.5, 0.6) is 0 Å². The number of aliphatic hydroxyl groups is 1. The summed E-state index contributed by atoms with van der Waals surface area (Å²) < 4.78 is 15.9. The fourth-order valence-corrected chi connectivity index (χ4v) is 4.54. The fraction of sp³-hybridized carbons (Fsp3) is 0.522. The summed E-state index contributed by atoms with van der Waals surface area (Å²) in [7, 11) is 3.93. The summed E-state index contributed by atoms with van der Waals surface area (Å²) in [5.74, 6) is -2.02. The van der Waals surface area contributed by atoms with Crippen molar-refractivity contribution in [3.63, 3.8) is 0 Å². The minimum absolute atomic E-state index is 0.217. The van der Waals surface area contributed by atoms with Crippen molar-refractivity contribution >= 4 is 5.97 Å². The van der Waals surface area contributed by atoms with Gasteiger partial charge in [-0.25, -0.2) is 4.39 Å². The number of hydrogen-bond acceptors (Lipinski definition) is 3. The van der Waals surface area contributed by atoms with E-state index in [9.17, 15) is 9.90 Å². The predicted molar refractivity (Wildman–Crippen MR) is 108 cm³/mol. The summed E-state index contributed by atoms with van der Waals surface area (Å²) in [6, 6.07) is 7.33. The number of benzene rings is 1. The van der Waals surface area contributed by atoms with Gasteiger partial charge in [0.15, 0.2) is 5.67 Å². The molecule has 0 heterocycles. The number of alkyl halides is 1. The van der Waals surface area contributed by atoms with Gasteiger partial charge in [0.1, 0.15) is 0 Å². The van der Waals surface area contributed by atoms with Gasteiger partial charge < -0.3 is 15.1 Å². The molecule has 152 valence electrons. The normalized spacial score (nSPS) is 27.7. The summed E-state index contributed by atoms with van der Waals surface area (Å²) in [4.78, 5) is 13.2. The zero-order valence-corrected chi connectivity index (χ0v) is 16.6. The van der Waals surface area contributed by atoms with Crippen LogP contribution in [0.4, 0.5) is 4.39 Å². The minimum Gasteiger partial charge on any atom is -0.481 e. The molecule has 1 fully saturated rings. The zero-order chi connectivity index (χ0) is 20.4. The molecule has 4 nitrogen and oxygen atoms in total. The first kappa shape index (κ1) is 20.7. The van der Waals surface area contributed by atoms with Crippen LogP contribution < -0.4 is 0 Å². The molecule has 28 heavy (non-hydrogen) atoms. The molecule has 3 rings (SSSR count). The number of carboxylic acid groups (broad SMARTS) is 1. The molecule has 2 aliphatic carbocycles. The predicted octanol–water partition coefficient (Wildman–Crippen LogP) is 4.02. The van der Waals surface area contributed by atoms with Gasteiger partial charge in [-0.2, -0.15) is 0 Å². The Kier molecular flexibility index (Phi) is 6.06. The highest BCUT2D eigenvalue weighted by molar-refractivity contribution is 5.75. The van der Waals surface area contributed by atoms with E-state index in [1.54, 1.807) is 12.1 Å². The van der Waals surface area contributed by atoms with E-state index in [-0.39, 0.29) is 5.92 Å². The summed E-state index contributed by atoms with van der Waals surface area (Å²) in [6.45, 7) is 0.620. The Morgan fingerprint density at radius 2 is 1.79 bits per heavy atom. The molecular formula is C23H30FNO3. The number of carboxylic acids is 1. The molecule has 0 spiro atoms. The molecule has 0 aromatic heterocycles. The number of aliphatic carboxylic acids is 1. The first-order chi connectivity index (χ1) is 13.3. The Hall–Kier alpha value is -1.98.